The van der Waals surface area contributed by atoms with E-state index >= 15 is 0 Å². The Hall–Kier alpha value is -3.99. The molecule has 3 heterocycles. The number of aromatic amines is 1. The molecule has 5 rings (SSSR count). The number of nitrogens with one attached hydrogen (secondary N) is 2. The number of anilines is 2. The third-order valence-corrected chi connectivity index (χ3v) is 6.77. The van der Waals surface area contributed by atoms with Crippen LogP contribution in [-0.4, -0.2) is 29.0 Å². The number of aromatic nitrogens is 2. The Labute approximate surface area is 196 Å². The molecule has 3 aromatic rings. The second-order valence-electron chi connectivity index (χ2n) is 8.87. The molecule has 0 bridgehead atoms. The van der Waals surface area contributed by atoms with Gasteiger partial charge in [-0.15, -0.1) is 0 Å². The van der Waals surface area contributed by atoms with Crippen LogP contribution >= 0.6 is 0 Å². The van der Waals surface area contributed by atoms with E-state index in [9.17, 15) is 19.2 Å². The van der Waals surface area contributed by atoms with Crippen LogP contribution in [0.25, 0.3) is 0 Å². The molecule has 0 spiro atoms. The first kappa shape index (κ1) is 21.8. The van der Waals surface area contributed by atoms with E-state index in [0.717, 1.165) is 32.4 Å². The first-order valence-electron chi connectivity index (χ1n) is 11.4. The van der Waals surface area contributed by atoms with Gasteiger partial charge in [-0.05, 0) is 42.4 Å². The molecule has 7 nitrogen and oxygen atoms in total. The largest absolute Gasteiger partial charge is 0.342 e. The maximum Gasteiger partial charge on any atom is 0.258 e. The Morgan fingerprint density at radius 2 is 1.76 bits per heavy atom. The summed E-state index contributed by atoms with van der Waals surface area (Å²) < 4.78 is 14.6. The van der Waals surface area contributed by atoms with E-state index in [0.29, 0.717) is 11.9 Å². The van der Waals surface area contributed by atoms with Crippen molar-refractivity contribution in [3.8, 4) is 6.07 Å². The Bertz CT molecular complexity index is 1310. The van der Waals surface area contributed by atoms with Gasteiger partial charge in [0, 0.05) is 19.0 Å². The number of carbonyl (C=O) groups excluding carboxylic acids is 1. The Kier molecular flexibility index (Phi) is 5.84. The minimum atomic E-state index is -1.23. The summed E-state index contributed by atoms with van der Waals surface area (Å²) in [5.41, 5.74) is 1.08. The van der Waals surface area contributed by atoms with E-state index < -0.39 is 29.1 Å². The van der Waals surface area contributed by atoms with Gasteiger partial charge in [-0.2, -0.15) is 10.2 Å². The van der Waals surface area contributed by atoms with Crippen molar-refractivity contribution in [2.24, 2.45) is 11.8 Å². The number of halogens is 1. The van der Waals surface area contributed by atoms with E-state index in [4.69, 9.17) is 0 Å². The summed E-state index contributed by atoms with van der Waals surface area (Å²) in [6.45, 7) is 1.45. The van der Waals surface area contributed by atoms with E-state index in [2.05, 4.69) is 27.4 Å². The number of carbonyl (C=O) groups is 1. The van der Waals surface area contributed by atoms with Crippen LogP contribution in [0.15, 0.2) is 59.4 Å². The van der Waals surface area contributed by atoms with Crippen LogP contribution in [0, 0.1) is 29.0 Å². The zero-order chi connectivity index (χ0) is 23.7. The summed E-state index contributed by atoms with van der Waals surface area (Å²) in [5, 5.41) is 12.2. The van der Waals surface area contributed by atoms with Crippen molar-refractivity contribution in [3.05, 3.63) is 87.5 Å². The van der Waals surface area contributed by atoms with Crippen molar-refractivity contribution in [3.63, 3.8) is 0 Å². The molecule has 2 atom stereocenters. The number of hydrogen-bond donors (Lipinski definition) is 2. The molecule has 1 aromatic heterocycles. The number of hydrogen-bond acceptors (Lipinski definition) is 5. The van der Waals surface area contributed by atoms with E-state index in [-0.39, 0.29) is 16.9 Å². The smallest absolute Gasteiger partial charge is 0.258 e. The van der Waals surface area contributed by atoms with Crippen LogP contribution in [0.4, 0.5) is 16.2 Å². The van der Waals surface area contributed by atoms with Gasteiger partial charge in [0.2, 0.25) is 11.9 Å². The third kappa shape index (κ3) is 4.05. The van der Waals surface area contributed by atoms with E-state index in [1.54, 1.807) is 6.07 Å². The lowest BCUT2D eigenvalue weighted by molar-refractivity contribution is -0.119. The fourth-order valence-corrected chi connectivity index (χ4v) is 5.01. The van der Waals surface area contributed by atoms with Crippen molar-refractivity contribution in [2.75, 3.05) is 23.3 Å². The molecule has 2 aromatic carbocycles. The Morgan fingerprint density at radius 1 is 1.06 bits per heavy atom. The minimum absolute atomic E-state index is 0.0925. The van der Waals surface area contributed by atoms with Crippen molar-refractivity contribution in [2.45, 2.75) is 25.2 Å². The van der Waals surface area contributed by atoms with Gasteiger partial charge in [0.05, 0.1) is 11.6 Å². The fraction of sp³-hybridized carbons (Fsp3) is 0.308. The molecule has 2 aliphatic rings. The number of fused-ring (bicyclic) bond motifs is 1. The number of piperidine rings is 1. The highest BCUT2D eigenvalue weighted by Crippen LogP contribution is 2.39. The Morgan fingerprint density at radius 3 is 2.47 bits per heavy atom. The molecule has 0 saturated carbocycles. The molecule has 34 heavy (non-hydrogen) atoms. The van der Waals surface area contributed by atoms with Crippen molar-refractivity contribution < 1.29 is 9.18 Å². The number of benzene rings is 2. The van der Waals surface area contributed by atoms with Crippen LogP contribution < -0.4 is 15.8 Å². The Balaban J connectivity index is 1.42. The van der Waals surface area contributed by atoms with Gasteiger partial charge in [-0.3, -0.25) is 14.6 Å². The molecule has 2 aliphatic heterocycles. The number of rotatable bonds is 4. The highest BCUT2D eigenvalue weighted by Gasteiger charge is 2.41. The molecule has 2 unspecified atom stereocenters. The number of nitrogens with zero attached hydrogens (tertiary/aromatic N) is 3. The lowest BCUT2D eigenvalue weighted by atomic mass is 9.79. The highest BCUT2D eigenvalue weighted by atomic mass is 19.1. The van der Waals surface area contributed by atoms with Crippen molar-refractivity contribution in [1.29, 1.82) is 5.26 Å². The fourth-order valence-electron chi connectivity index (χ4n) is 5.01. The summed E-state index contributed by atoms with van der Waals surface area (Å²) in [7, 11) is 0. The standard InChI is InChI=1S/C26H24FN5O2/c27-20-9-5-4-8-18(20)21-19(15-28)24(33)29-23-22(21)25(34)31-26(30-23)32-12-10-17(11-13-32)14-16-6-2-1-3-7-16/h1-9,17,19,21H,10-14H2,(H2,29,30,31,33,34). The molecule has 2 N–H and O–H groups in total. The topological polar surface area (TPSA) is 102 Å². The highest BCUT2D eigenvalue weighted by molar-refractivity contribution is 5.98. The lowest BCUT2D eigenvalue weighted by Crippen LogP contribution is -2.41. The number of nitriles is 1. The van der Waals surface area contributed by atoms with Crippen molar-refractivity contribution >= 4 is 17.7 Å². The molecule has 0 radical (unpaired) electrons. The second-order valence-corrected chi connectivity index (χ2v) is 8.87. The average molecular weight is 458 g/mol. The third-order valence-electron chi connectivity index (χ3n) is 6.77. The van der Waals surface area contributed by atoms with Crippen LogP contribution in [0.2, 0.25) is 0 Å². The number of amides is 1. The summed E-state index contributed by atoms with van der Waals surface area (Å²) in [6, 6.07) is 18.2. The molecule has 172 valence electrons. The molecule has 1 fully saturated rings. The zero-order valence-electron chi connectivity index (χ0n) is 18.5. The van der Waals surface area contributed by atoms with E-state index in [1.165, 1.54) is 23.8 Å². The SMILES string of the molecule is N#CC1C(=O)Nc2nc(N3CCC(Cc4ccccc4)CC3)[nH]c(=O)c2C1c1ccccc1F. The second kappa shape index (κ2) is 9.10. The summed E-state index contributed by atoms with van der Waals surface area (Å²) in [4.78, 5) is 35.2. The van der Waals surface area contributed by atoms with Gasteiger partial charge in [-0.1, -0.05) is 48.5 Å². The molecule has 1 saturated heterocycles. The van der Waals surface area contributed by atoms with Crippen molar-refractivity contribution in [1.82, 2.24) is 9.97 Å². The maximum absolute atomic E-state index is 14.6. The van der Waals surface area contributed by atoms with Crippen LogP contribution in [0.1, 0.15) is 35.4 Å². The molecular weight excluding hydrogens is 433 g/mol. The van der Waals surface area contributed by atoms with Gasteiger partial charge in [-0.25, -0.2) is 4.39 Å². The first-order valence-corrected chi connectivity index (χ1v) is 11.4. The zero-order valence-corrected chi connectivity index (χ0v) is 18.5. The van der Waals surface area contributed by atoms with Gasteiger partial charge in [0.1, 0.15) is 17.6 Å². The van der Waals surface area contributed by atoms with Crippen LogP contribution in [-0.2, 0) is 11.2 Å². The predicted molar refractivity (Wildman–Crippen MR) is 126 cm³/mol. The van der Waals surface area contributed by atoms with E-state index in [1.807, 2.05) is 29.2 Å². The van der Waals surface area contributed by atoms with Gasteiger partial charge in [0.15, 0.2) is 0 Å². The van der Waals surface area contributed by atoms with Gasteiger partial charge in [0.25, 0.3) is 5.56 Å². The van der Waals surface area contributed by atoms with Crippen LogP contribution in [0.5, 0.6) is 0 Å². The van der Waals surface area contributed by atoms with Crippen LogP contribution in [0.3, 0.4) is 0 Å². The average Bonchev–Trinajstić information content (AvgIpc) is 2.84. The van der Waals surface area contributed by atoms with Gasteiger partial charge >= 0.3 is 0 Å². The quantitative estimate of drug-likeness (QED) is 0.623. The lowest BCUT2D eigenvalue weighted by Gasteiger charge is -2.34. The number of H-pyrrole nitrogens is 1. The first-order chi connectivity index (χ1) is 16.5. The molecule has 8 heteroatoms. The maximum atomic E-state index is 14.6. The summed E-state index contributed by atoms with van der Waals surface area (Å²) in [5.74, 6) is -2.40. The minimum Gasteiger partial charge on any atom is -0.342 e. The normalized spacial score (nSPS) is 20.4. The molecule has 0 aliphatic carbocycles. The predicted octanol–water partition coefficient (Wildman–Crippen LogP) is 3.59. The van der Waals surface area contributed by atoms with Gasteiger partial charge < -0.3 is 10.2 Å². The molecular formula is C26H24FN5O2. The molecule has 1 amide bonds. The summed E-state index contributed by atoms with van der Waals surface area (Å²) >= 11 is 0. The summed E-state index contributed by atoms with van der Waals surface area (Å²) in [6.07, 6.45) is 2.92. The monoisotopic (exact) mass is 457 g/mol.